The predicted molar refractivity (Wildman–Crippen MR) is 93.3 cm³/mol. The van der Waals surface area contributed by atoms with Crippen LogP contribution in [0.1, 0.15) is 24.1 Å². The first kappa shape index (κ1) is 19.2. The summed E-state index contributed by atoms with van der Waals surface area (Å²) in [4.78, 5) is 11.5. The molecule has 0 saturated carbocycles. The Labute approximate surface area is 150 Å². The Morgan fingerprint density at radius 3 is 2.50 bits per heavy atom. The lowest BCUT2D eigenvalue weighted by atomic mass is 9.92. The lowest BCUT2D eigenvalue weighted by molar-refractivity contribution is -0.133. The number of rotatable bonds is 5. The third kappa shape index (κ3) is 3.44. The van der Waals surface area contributed by atoms with Gasteiger partial charge in [-0.3, -0.25) is 0 Å². The maximum Gasteiger partial charge on any atom is 0.337 e. The number of aromatic nitrogens is 2. The Morgan fingerprint density at radius 1 is 1.46 bits per heavy atom. The molecule has 0 aliphatic carbocycles. The van der Waals surface area contributed by atoms with Crippen molar-refractivity contribution in [3.05, 3.63) is 42.0 Å². The van der Waals surface area contributed by atoms with Gasteiger partial charge in [-0.15, -0.1) is 0 Å². The molecule has 0 spiro atoms. The number of nitrogen functional groups attached to an aromatic ring is 1. The van der Waals surface area contributed by atoms with Gasteiger partial charge in [0.25, 0.3) is 0 Å². The highest BCUT2D eigenvalue weighted by molar-refractivity contribution is 6.15. The van der Waals surface area contributed by atoms with Crippen molar-refractivity contribution in [1.29, 1.82) is 5.26 Å². The molecule has 0 bridgehead atoms. The number of nitrogens with zero attached hydrogens (tertiary/aromatic N) is 3. The third-order valence-electron chi connectivity index (χ3n) is 3.92. The van der Waals surface area contributed by atoms with Crippen LogP contribution in [0.25, 0.3) is 16.8 Å². The van der Waals surface area contributed by atoms with Crippen molar-refractivity contribution in [2.75, 3.05) is 12.8 Å². The minimum Gasteiger partial charge on any atom is -0.465 e. The van der Waals surface area contributed by atoms with Crippen LogP contribution < -0.4 is 5.73 Å². The van der Waals surface area contributed by atoms with Gasteiger partial charge < -0.3 is 10.5 Å². The number of esters is 1. The second kappa shape index (κ2) is 7.00. The number of ether oxygens (including phenoxy) is 1. The van der Waals surface area contributed by atoms with E-state index in [1.165, 1.54) is 7.11 Å². The van der Waals surface area contributed by atoms with Gasteiger partial charge in [-0.1, -0.05) is 30.8 Å². The second-order valence-corrected chi connectivity index (χ2v) is 5.56. The molecule has 0 amide bonds. The van der Waals surface area contributed by atoms with Gasteiger partial charge in [0.05, 0.1) is 12.7 Å². The van der Waals surface area contributed by atoms with Gasteiger partial charge in [-0.2, -0.15) is 10.4 Å². The lowest BCUT2D eigenvalue weighted by Crippen LogP contribution is -2.30. The molecule has 1 unspecified atom stereocenters. The summed E-state index contributed by atoms with van der Waals surface area (Å²) in [6, 6.07) is 6.62. The van der Waals surface area contributed by atoms with Crippen LogP contribution in [0.3, 0.4) is 0 Å². The molecule has 0 aliphatic rings. The zero-order chi connectivity index (χ0) is 19.6. The van der Waals surface area contributed by atoms with Gasteiger partial charge in [0.1, 0.15) is 29.2 Å². The first-order valence-corrected chi connectivity index (χ1v) is 7.44. The number of methoxy groups -OCH3 is 1. The maximum atomic E-state index is 13.4. The molecule has 9 heteroatoms. The Kier molecular flexibility index (Phi) is 5.16. The normalized spacial score (nSPS) is 12.3. The number of carbonyl (C=O) groups excluding carboxylic acids is 1. The smallest absolute Gasteiger partial charge is 0.337 e. The first-order valence-electron chi connectivity index (χ1n) is 7.44. The summed E-state index contributed by atoms with van der Waals surface area (Å²) >= 11 is 0. The zero-order valence-corrected chi connectivity index (χ0v) is 14.2. The highest BCUT2D eigenvalue weighted by Crippen LogP contribution is 2.33. The van der Waals surface area contributed by atoms with Crippen LogP contribution in [0.2, 0.25) is 0 Å². The SMILES string of the molecule is [B]C(F)(F)C(C)n1nc(-c2ccc(C(=C)C(=O)OC)cc2)c(C#N)c1N. The van der Waals surface area contributed by atoms with E-state index in [1.54, 1.807) is 24.3 Å². The molecule has 2 rings (SSSR count). The summed E-state index contributed by atoms with van der Waals surface area (Å²) in [5.41, 5.74) is 7.01. The molecule has 2 radical (unpaired) electrons. The van der Waals surface area contributed by atoms with Crippen LogP contribution in [-0.2, 0) is 9.53 Å². The quantitative estimate of drug-likeness (QED) is 0.505. The monoisotopic (exact) mass is 356 g/mol. The number of carbonyl (C=O) groups is 1. The van der Waals surface area contributed by atoms with Gasteiger partial charge >= 0.3 is 5.97 Å². The number of anilines is 1. The lowest BCUT2D eigenvalue weighted by Gasteiger charge is -2.21. The van der Waals surface area contributed by atoms with E-state index in [-0.39, 0.29) is 22.6 Å². The summed E-state index contributed by atoms with van der Waals surface area (Å²) < 4.78 is 32.2. The molecule has 0 aliphatic heterocycles. The van der Waals surface area contributed by atoms with E-state index in [1.807, 2.05) is 6.07 Å². The largest absolute Gasteiger partial charge is 0.465 e. The molecule has 0 fully saturated rings. The first-order chi connectivity index (χ1) is 12.1. The number of benzene rings is 1. The fraction of sp³-hybridized carbons (Fsp3) is 0.235. The molecular weight excluding hydrogens is 341 g/mol. The molecule has 1 atom stereocenters. The molecule has 2 N–H and O–H groups in total. The number of nitrogens with two attached hydrogens (primary N) is 1. The average Bonchev–Trinajstić information content (AvgIpc) is 2.95. The summed E-state index contributed by atoms with van der Waals surface area (Å²) in [6.45, 7) is 4.79. The Morgan fingerprint density at radius 2 is 2.04 bits per heavy atom. The van der Waals surface area contributed by atoms with E-state index < -0.39 is 17.8 Å². The molecule has 1 aromatic heterocycles. The van der Waals surface area contributed by atoms with Crippen molar-refractivity contribution in [2.24, 2.45) is 0 Å². The van der Waals surface area contributed by atoms with Crippen LogP contribution in [0.4, 0.5) is 14.6 Å². The molecule has 132 valence electrons. The van der Waals surface area contributed by atoms with Crippen molar-refractivity contribution in [3.63, 3.8) is 0 Å². The van der Waals surface area contributed by atoms with Crippen molar-refractivity contribution in [2.45, 2.75) is 18.8 Å². The number of nitriles is 1. The molecule has 26 heavy (non-hydrogen) atoms. The fourth-order valence-electron chi connectivity index (χ4n) is 2.29. The van der Waals surface area contributed by atoms with Gasteiger partial charge in [-0.05, 0) is 12.5 Å². The average molecular weight is 356 g/mol. The van der Waals surface area contributed by atoms with E-state index in [2.05, 4.69) is 16.4 Å². The van der Waals surface area contributed by atoms with Gasteiger partial charge in [0.15, 0.2) is 7.85 Å². The molecule has 6 nitrogen and oxygen atoms in total. The molecule has 0 saturated heterocycles. The maximum absolute atomic E-state index is 13.4. The number of hydrogen-bond acceptors (Lipinski definition) is 5. The van der Waals surface area contributed by atoms with Crippen LogP contribution >= 0.6 is 0 Å². The van der Waals surface area contributed by atoms with E-state index in [0.717, 1.165) is 11.6 Å². The van der Waals surface area contributed by atoms with Crippen LogP contribution in [-0.4, -0.2) is 36.5 Å². The molecule has 1 heterocycles. The highest BCUT2D eigenvalue weighted by Gasteiger charge is 2.34. The molecule has 1 aromatic carbocycles. The standard InChI is InChI=1S/C17H15BF2N4O2/c1-9(16(25)26-3)11-4-6-12(7-5-11)14-13(8-21)15(22)24(23-14)10(2)17(18,19)20/h4-7,10H,1,22H2,2-3H3. The molecular formula is C17H15BF2N4O2. The number of halogens is 2. The van der Waals surface area contributed by atoms with E-state index in [4.69, 9.17) is 13.6 Å². The number of hydrogen-bond donors (Lipinski definition) is 1. The van der Waals surface area contributed by atoms with Gasteiger partial charge in [0, 0.05) is 5.56 Å². The van der Waals surface area contributed by atoms with E-state index in [9.17, 15) is 18.8 Å². The summed E-state index contributed by atoms with van der Waals surface area (Å²) in [7, 11) is 6.07. The summed E-state index contributed by atoms with van der Waals surface area (Å²) in [6.07, 6.45) is 0. The van der Waals surface area contributed by atoms with Gasteiger partial charge in [0.2, 0.25) is 5.82 Å². The Balaban J connectivity index is 2.48. The van der Waals surface area contributed by atoms with Crippen LogP contribution in [0.5, 0.6) is 0 Å². The van der Waals surface area contributed by atoms with Crippen molar-refractivity contribution < 1.29 is 18.3 Å². The molecule has 2 aromatic rings. The van der Waals surface area contributed by atoms with Crippen LogP contribution in [0.15, 0.2) is 30.8 Å². The highest BCUT2D eigenvalue weighted by atomic mass is 19.3. The topological polar surface area (TPSA) is 93.9 Å². The summed E-state index contributed by atoms with van der Waals surface area (Å²) in [5.74, 6) is -4.35. The van der Waals surface area contributed by atoms with E-state index >= 15 is 0 Å². The minimum absolute atomic E-state index is 0.0411. The van der Waals surface area contributed by atoms with Crippen LogP contribution in [0, 0.1) is 11.3 Å². The van der Waals surface area contributed by atoms with Crippen molar-refractivity contribution in [1.82, 2.24) is 9.78 Å². The third-order valence-corrected chi connectivity index (χ3v) is 3.92. The summed E-state index contributed by atoms with van der Waals surface area (Å²) in [5, 5.41) is 13.4. The Hall–Kier alpha value is -3.15. The van der Waals surface area contributed by atoms with E-state index in [0.29, 0.717) is 11.1 Å². The van der Waals surface area contributed by atoms with Crippen molar-refractivity contribution >= 4 is 25.2 Å². The fourth-order valence-corrected chi connectivity index (χ4v) is 2.29. The predicted octanol–water partition coefficient (Wildman–Crippen LogP) is 2.51. The van der Waals surface area contributed by atoms with Gasteiger partial charge in [-0.25, -0.2) is 18.3 Å². The zero-order valence-electron chi connectivity index (χ0n) is 14.2. The van der Waals surface area contributed by atoms with Crippen molar-refractivity contribution in [3.8, 4) is 17.3 Å². The second-order valence-electron chi connectivity index (χ2n) is 5.56. The number of alkyl halides is 2. The minimum atomic E-state index is -3.56. The Bertz CT molecular complexity index is 895.